The molecule has 2 aliphatic rings. The van der Waals surface area contributed by atoms with Gasteiger partial charge in [0.25, 0.3) is 5.22 Å². The van der Waals surface area contributed by atoms with Crippen LogP contribution in [-0.4, -0.2) is 74.9 Å². The molecule has 0 unspecified atom stereocenters. The van der Waals surface area contributed by atoms with Crippen molar-refractivity contribution in [3.63, 3.8) is 0 Å². The van der Waals surface area contributed by atoms with Gasteiger partial charge in [-0.2, -0.15) is 8.61 Å². The van der Waals surface area contributed by atoms with Crippen molar-refractivity contribution in [1.29, 1.82) is 0 Å². The smallest absolute Gasteiger partial charge is 0.308 e. The molecule has 2 fully saturated rings. The average Bonchev–Trinajstić information content (AvgIpc) is 3.49. The molecule has 0 spiro atoms. The summed E-state index contributed by atoms with van der Waals surface area (Å²) >= 11 is 1.36. The third kappa shape index (κ3) is 6.67. The molecule has 2 aromatic carbocycles. The number of esters is 1. The number of thioether (sulfide) groups is 1. The number of ether oxygens (including phenoxy) is 1. The van der Waals surface area contributed by atoms with Crippen molar-refractivity contribution >= 4 is 37.8 Å². The molecule has 5 rings (SSSR count). The molecule has 14 heteroatoms. The van der Waals surface area contributed by atoms with Gasteiger partial charge in [-0.1, -0.05) is 42.1 Å². The molecule has 0 N–H and O–H groups in total. The van der Waals surface area contributed by atoms with E-state index in [0.29, 0.717) is 60.5 Å². The third-order valence-electron chi connectivity index (χ3n) is 7.52. The van der Waals surface area contributed by atoms with Crippen LogP contribution in [0.2, 0.25) is 0 Å². The minimum absolute atomic E-state index is 0.0127. The van der Waals surface area contributed by atoms with Crippen molar-refractivity contribution in [2.24, 2.45) is 5.92 Å². The van der Waals surface area contributed by atoms with Crippen LogP contribution in [0, 0.1) is 5.92 Å². The van der Waals surface area contributed by atoms with Gasteiger partial charge in [0.05, 0.1) is 22.8 Å². The first-order valence-electron chi connectivity index (χ1n) is 13.4. The molecule has 2 aliphatic heterocycles. The molecule has 2 saturated heterocycles. The van der Waals surface area contributed by atoms with E-state index in [1.807, 2.05) is 0 Å². The summed E-state index contributed by atoms with van der Waals surface area (Å²) in [6.45, 7) is 1.32. The Labute approximate surface area is 244 Å². The van der Waals surface area contributed by atoms with Gasteiger partial charge in [-0.25, -0.2) is 16.8 Å². The molecule has 3 aromatic rings. The van der Waals surface area contributed by atoms with Gasteiger partial charge in [-0.15, -0.1) is 10.2 Å². The summed E-state index contributed by atoms with van der Waals surface area (Å²) in [6.07, 6.45) is 2.07. The Morgan fingerprint density at radius 1 is 0.854 bits per heavy atom. The first-order valence-corrected chi connectivity index (χ1v) is 17.2. The van der Waals surface area contributed by atoms with Gasteiger partial charge < -0.3 is 9.15 Å². The highest BCUT2D eigenvalue weighted by Gasteiger charge is 2.33. The molecule has 0 amide bonds. The molecule has 220 valence electrons. The second-order valence-electron chi connectivity index (χ2n) is 10.0. The summed E-state index contributed by atoms with van der Waals surface area (Å²) in [6, 6.07) is 15.1. The topological polar surface area (TPSA) is 140 Å². The lowest BCUT2D eigenvalue weighted by molar-refractivity contribution is -0.146. The van der Waals surface area contributed by atoms with Crippen LogP contribution < -0.4 is 0 Å². The minimum Gasteiger partial charge on any atom is -0.469 e. The van der Waals surface area contributed by atoms with Crippen molar-refractivity contribution < 1.29 is 30.8 Å². The number of benzene rings is 2. The monoisotopic (exact) mass is 620 g/mol. The quantitative estimate of drug-likeness (QED) is 0.258. The number of hydrogen-bond acceptors (Lipinski definition) is 10. The van der Waals surface area contributed by atoms with E-state index in [1.54, 1.807) is 54.6 Å². The third-order valence-corrected chi connectivity index (χ3v) is 12.2. The molecule has 0 saturated carbocycles. The molecule has 41 heavy (non-hydrogen) atoms. The second-order valence-corrected chi connectivity index (χ2v) is 14.8. The molecule has 0 bridgehead atoms. The average molecular weight is 621 g/mol. The summed E-state index contributed by atoms with van der Waals surface area (Å²) in [4.78, 5) is 12.2. The normalized spacial score (nSPS) is 18.4. The first kappa shape index (κ1) is 29.7. The first-order chi connectivity index (χ1) is 19.7. The highest BCUT2D eigenvalue weighted by molar-refractivity contribution is 7.98. The van der Waals surface area contributed by atoms with Gasteiger partial charge in [-0.3, -0.25) is 4.79 Å². The van der Waals surface area contributed by atoms with E-state index in [0.717, 1.165) is 5.56 Å². The van der Waals surface area contributed by atoms with Gasteiger partial charge in [0.1, 0.15) is 0 Å². The maximum absolute atomic E-state index is 13.1. The van der Waals surface area contributed by atoms with E-state index in [2.05, 4.69) is 10.2 Å². The molecule has 1 aromatic heterocycles. The molecule has 3 heterocycles. The number of carbonyl (C=O) groups is 1. The van der Waals surface area contributed by atoms with E-state index in [-0.39, 0.29) is 35.8 Å². The number of rotatable bonds is 9. The minimum atomic E-state index is -3.65. The summed E-state index contributed by atoms with van der Waals surface area (Å²) in [5, 5.41) is 8.75. The van der Waals surface area contributed by atoms with Crippen molar-refractivity contribution in [2.45, 2.75) is 52.4 Å². The van der Waals surface area contributed by atoms with E-state index in [9.17, 15) is 21.6 Å². The number of carbonyl (C=O) groups excluding carboxylic acids is 1. The van der Waals surface area contributed by atoms with Crippen molar-refractivity contribution in [1.82, 2.24) is 18.8 Å². The Balaban J connectivity index is 1.12. The van der Waals surface area contributed by atoms with Crippen molar-refractivity contribution in [3.05, 3.63) is 66.1 Å². The lowest BCUT2D eigenvalue weighted by atomic mass is 9.98. The number of nitrogens with zero attached hydrogens (tertiary/aromatic N) is 4. The zero-order valence-corrected chi connectivity index (χ0v) is 25.0. The number of hydrogen-bond donors (Lipinski definition) is 0. The largest absolute Gasteiger partial charge is 0.469 e. The molecule has 0 atom stereocenters. The highest BCUT2D eigenvalue weighted by atomic mass is 32.2. The standard InChI is InChI=1S/C27H32N4O7S3/c1-37-26(32)22-13-17-31(18-14-22)41(35,36)24-9-7-20(8-10-24)19-39-27-29-28-25(38-27)21-11-15-30(16-12-21)40(33,34)23-5-3-2-4-6-23/h2-10,21-22H,11-19H2,1H3. The summed E-state index contributed by atoms with van der Waals surface area (Å²) in [5.74, 6) is 0.444. The summed E-state index contributed by atoms with van der Waals surface area (Å²) in [7, 11) is -5.83. The van der Waals surface area contributed by atoms with Crippen LogP contribution in [0.5, 0.6) is 0 Å². The molecule has 0 aliphatic carbocycles. The Morgan fingerprint density at radius 3 is 2.00 bits per heavy atom. The van der Waals surface area contributed by atoms with Crippen molar-refractivity contribution in [2.75, 3.05) is 33.3 Å². The SMILES string of the molecule is COC(=O)C1CCN(S(=O)(=O)c2ccc(CSc3nnc(C4CCN(S(=O)(=O)c5ccccc5)CC4)o3)cc2)CC1. The number of aromatic nitrogens is 2. The predicted molar refractivity (Wildman–Crippen MR) is 151 cm³/mol. The highest BCUT2D eigenvalue weighted by Crippen LogP contribution is 2.32. The van der Waals surface area contributed by atoms with E-state index >= 15 is 0 Å². The Morgan fingerprint density at radius 2 is 1.41 bits per heavy atom. The van der Waals surface area contributed by atoms with E-state index in [4.69, 9.17) is 9.15 Å². The fourth-order valence-corrected chi connectivity index (χ4v) is 8.76. The van der Waals surface area contributed by atoms with Gasteiger partial charge >= 0.3 is 5.97 Å². The molecule has 0 radical (unpaired) electrons. The van der Waals surface area contributed by atoms with E-state index < -0.39 is 20.0 Å². The summed E-state index contributed by atoms with van der Waals surface area (Å²) in [5.41, 5.74) is 0.900. The molecular weight excluding hydrogens is 589 g/mol. The van der Waals surface area contributed by atoms with Crippen molar-refractivity contribution in [3.8, 4) is 0 Å². The fourth-order valence-electron chi connectivity index (χ4n) is 5.08. The van der Waals surface area contributed by atoms with Gasteiger partial charge in [0, 0.05) is 37.8 Å². The van der Waals surface area contributed by atoms with E-state index in [1.165, 1.54) is 27.5 Å². The number of sulfonamides is 2. The van der Waals surface area contributed by atoms with Crippen LogP contribution >= 0.6 is 11.8 Å². The fraction of sp³-hybridized carbons (Fsp3) is 0.444. The second kappa shape index (κ2) is 12.6. The zero-order chi connectivity index (χ0) is 29.0. The van der Waals surface area contributed by atoms with Crippen LogP contribution in [0.25, 0.3) is 0 Å². The van der Waals surface area contributed by atoms with Crippen LogP contribution in [-0.2, 0) is 35.3 Å². The zero-order valence-electron chi connectivity index (χ0n) is 22.6. The lowest BCUT2D eigenvalue weighted by Crippen LogP contribution is -2.40. The predicted octanol–water partition coefficient (Wildman–Crippen LogP) is 3.50. The lowest BCUT2D eigenvalue weighted by Gasteiger charge is -2.29. The molecule has 11 nitrogen and oxygen atoms in total. The maximum Gasteiger partial charge on any atom is 0.308 e. The van der Waals surface area contributed by atoms with Gasteiger partial charge in [0.15, 0.2) is 0 Å². The number of piperidine rings is 2. The Bertz CT molecular complexity index is 1550. The van der Waals surface area contributed by atoms with Gasteiger partial charge in [0.2, 0.25) is 25.9 Å². The Hall–Kier alpha value is -2.78. The summed E-state index contributed by atoms with van der Waals surface area (Å²) < 4.78 is 65.4. The van der Waals surface area contributed by atoms with Gasteiger partial charge in [-0.05, 0) is 55.5 Å². The number of methoxy groups -OCH3 is 1. The maximum atomic E-state index is 13.1. The molecular formula is C27H32N4O7S3. The Kier molecular flexibility index (Phi) is 9.14. The van der Waals surface area contributed by atoms with Crippen LogP contribution in [0.3, 0.4) is 0 Å². The van der Waals surface area contributed by atoms with Crippen LogP contribution in [0.4, 0.5) is 0 Å². The van der Waals surface area contributed by atoms with Crippen LogP contribution in [0.15, 0.2) is 74.0 Å². The van der Waals surface area contributed by atoms with Crippen LogP contribution in [0.1, 0.15) is 43.1 Å².